The van der Waals surface area contributed by atoms with Crippen molar-refractivity contribution in [3.05, 3.63) is 0 Å². The molecule has 1 aliphatic rings. The van der Waals surface area contributed by atoms with Gasteiger partial charge in [-0.25, -0.2) is 0 Å². The van der Waals surface area contributed by atoms with Crippen LogP contribution in [-0.4, -0.2) is 6.29 Å². The number of hydrogen-bond donors (Lipinski definition) is 0. The van der Waals surface area contributed by atoms with Crippen molar-refractivity contribution in [2.45, 2.75) is 73.1 Å². The highest BCUT2D eigenvalue weighted by atomic mass is 16.1. The van der Waals surface area contributed by atoms with Crippen LogP contribution in [0, 0.1) is 10.8 Å². The predicted molar refractivity (Wildman–Crippen MR) is 67.0 cm³/mol. The van der Waals surface area contributed by atoms with Gasteiger partial charge in [-0.3, -0.25) is 0 Å². The molecule has 1 nitrogen and oxygen atoms in total. The third-order valence-electron chi connectivity index (χ3n) is 3.89. The first-order valence-corrected chi connectivity index (χ1v) is 6.35. The Labute approximate surface area is 95.6 Å². The smallest absolute Gasteiger partial charge is 0.125 e. The van der Waals surface area contributed by atoms with Crippen LogP contribution in [0.25, 0.3) is 0 Å². The van der Waals surface area contributed by atoms with Crippen LogP contribution < -0.4 is 0 Å². The van der Waals surface area contributed by atoms with Gasteiger partial charge in [0.05, 0.1) is 0 Å². The lowest BCUT2D eigenvalue weighted by atomic mass is 9.86. The standard InChI is InChI=1S/C8H16.C6H12O/c1-3-8(2)6-4-5-7-8;1-4-6(2,3)5-7/h3-7H2,1-2H3;5H,4H2,1-3H3. The van der Waals surface area contributed by atoms with E-state index >= 15 is 0 Å². The highest BCUT2D eigenvalue weighted by molar-refractivity contribution is 5.57. The Morgan fingerprint density at radius 1 is 1.20 bits per heavy atom. The van der Waals surface area contributed by atoms with Crippen LogP contribution in [0.2, 0.25) is 0 Å². The maximum atomic E-state index is 10.1. The van der Waals surface area contributed by atoms with Gasteiger partial charge in [-0.2, -0.15) is 0 Å². The summed E-state index contributed by atoms with van der Waals surface area (Å²) < 4.78 is 0. The molecule has 0 saturated heterocycles. The van der Waals surface area contributed by atoms with Crippen molar-refractivity contribution in [1.82, 2.24) is 0 Å². The molecule has 0 spiro atoms. The lowest BCUT2D eigenvalue weighted by molar-refractivity contribution is -0.114. The Bertz CT molecular complexity index is 176. The molecule has 1 saturated carbocycles. The van der Waals surface area contributed by atoms with Gasteiger partial charge in [0.2, 0.25) is 0 Å². The average molecular weight is 212 g/mol. The first-order chi connectivity index (χ1) is 6.89. The number of hydrogen-bond acceptors (Lipinski definition) is 1. The van der Waals surface area contributed by atoms with E-state index in [-0.39, 0.29) is 5.41 Å². The van der Waals surface area contributed by atoms with E-state index in [2.05, 4.69) is 13.8 Å². The third kappa shape index (κ3) is 5.96. The highest BCUT2D eigenvalue weighted by Gasteiger charge is 2.25. The summed E-state index contributed by atoms with van der Waals surface area (Å²) in [5.41, 5.74) is 0.639. The molecule has 0 aromatic rings. The summed E-state index contributed by atoms with van der Waals surface area (Å²) in [5.74, 6) is 0. The van der Waals surface area contributed by atoms with Crippen LogP contribution in [-0.2, 0) is 4.79 Å². The van der Waals surface area contributed by atoms with E-state index in [1.54, 1.807) is 0 Å². The van der Waals surface area contributed by atoms with Gasteiger partial charge >= 0.3 is 0 Å². The fourth-order valence-electron chi connectivity index (χ4n) is 1.67. The van der Waals surface area contributed by atoms with E-state index in [9.17, 15) is 4.79 Å². The zero-order chi connectivity index (χ0) is 11.9. The van der Waals surface area contributed by atoms with Gasteiger partial charge in [-0.05, 0) is 24.7 Å². The number of carbonyl (C=O) groups excluding carboxylic acids is 1. The molecule has 1 aliphatic carbocycles. The Balaban J connectivity index is 0.000000265. The molecule has 0 aromatic carbocycles. The normalized spacial score (nSPS) is 19.3. The molecular weight excluding hydrogens is 184 g/mol. The summed E-state index contributed by atoms with van der Waals surface area (Å²) in [4.78, 5) is 10.1. The molecule has 15 heavy (non-hydrogen) atoms. The van der Waals surface area contributed by atoms with Crippen LogP contribution >= 0.6 is 0 Å². The lowest BCUT2D eigenvalue weighted by Gasteiger charge is -2.19. The van der Waals surface area contributed by atoms with E-state index in [1.807, 2.05) is 20.8 Å². The van der Waals surface area contributed by atoms with Crippen molar-refractivity contribution in [1.29, 1.82) is 0 Å². The maximum Gasteiger partial charge on any atom is 0.125 e. The van der Waals surface area contributed by atoms with Crippen molar-refractivity contribution in [2.24, 2.45) is 10.8 Å². The second kappa shape index (κ2) is 6.30. The van der Waals surface area contributed by atoms with E-state index in [0.29, 0.717) is 0 Å². The van der Waals surface area contributed by atoms with Gasteiger partial charge in [0.1, 0.15) is 6.29 Å². The summed E-state index contributed by atoms with van der Waals surface area (Å²) in [6.07, 6.45) is 9.21. The zero-order valence-corrected chi connectivity index (χ0v) is 11.2. The summed E-state index contributed by atoms with van der Waals surface area (Å²) in [6.45, 7) is 10.6. The van der Waals surface area contributed by atoms with Gasteiger partial charge in [-0.1, -0.05) is 53.9 Å². The second-order valence-corrected chi connectivity index (χ2v) is 5.83. The molecule has 0 aromatic heterocycles. The van der Waals surface area contributed by atoms with Crippen LogP contribution in [0.15, 0.2) is 0 Å². The summed E-state index contributed by atoms with van der Waals surface area (Å²) in [5, 5.41) is 0. The van der Waals surface area contributed by atoms with Crippen LogP contribution in [0.1, 0.15) is 73.1 Å². The Morgan fingerprint density at radius 2 is 1.67 bits per heavy atom. The topological polar surface area (TPSA) is 17.1 Å². The van der Waals surface area contributed by atoms with Gasteiger partial charge in [0.15, 0.2) is 0 Å². The van der Waals surface area contributed by atoms with Crippen LogP contribution in [0.4, 0.5) is 0 Å². The predicted octanol–water partition coefficient (Wildman–Crippen LogP) is 4.60. The number of rotatable bonds is 3. The largest absolute Gasteiger partial charge is 0.303 e. The monoisotopic (exact) mass is 212 g/mol. The number of carbonyl (C=O) groups is 1. The molecule has 1 rings (SSSR count). The van der Waals surface area contributed by atoms with E-state index in [1.165, 1.54) is 32.1 Å². The van der Waals surface area contributed by atoms with Gasteiger partial charge in [-0.15, -0.1) is 0 Å². The average Bonchev–Trinajstić information content (AvgIpc) is 2.67. The van der Waals surface area contributed by atoms with Gasteiger partial charge in [0.25, 0.3) is 0 Å². The molecule has 0 atom stereocenters. The first-order valence-electron chi connectivity index (χ1n) is 6.35. The Hall–Kier alpha value is -0.330. The van der Waals surface area contributed by atoms with Crippen molar-refractivity contribution < 1.29 is 4.79 Å². The molecule has 1 heteroatoms. The van der Waals surface area contributed by atoms with Crippen LogP contribution in [0.5, 0.6) is 0 Å². The molecule has 0 bridgehead atoms. The lowest BCUT2D eigenvalue weighted by Crippen LogP contribution is -2.09. The quantitative estimate of drug-likeness (QED) is 0.625. The SMILES string of the molecule is CCC(C)(C)C=O.CCC1(C)CCCC1. The molecule has 0 amide bonds. The molecule has 90 valence electrons. The number of aldehydes is 1. The molecular formula is C14H28O. The molecule has 0 N–H and O–H groups in total. The second-order valence-electron chi connectivity index (χ2n) is 5.83. The molecule has 0 radical (unpaired) electrons. The van der Waals surface area contributed by atoms with Crippen molar-refractivity contribution in [2.75, 3.05) is 0 Å². The summed E-state index contributed by atoms with van der Waals surface area (Å²) in [7, 11) is 0. The highest BCUT2D eigenvalue weighted by Crippen LogP contribution is 2.39. The molecule has 1 fully saturated rings. The minimum Gasteiger partial charge on any atom is -0.303 e. The molecule has 0 heterocycles. The van der Waals surface area contributed by atoms with Crippen molar-refractivity contribution >= 4 is 6.29 Å². The van der Waals surface area contributed by atoms with Gasteiger partial charge in [0, 0.05) is 5.41 Å². The fraction of sp³-hybridized carbons (Fsp3) is 0.929. The van der Waals surface area contributed by atoms with Crippen LogP contribution in [0.3, 0.4) is 0 Å². The fourth-order valence-corrected chi connectivity index (χ4v) is 1.67. The minimum atomic E-state index is -0.0972. The molecule has 0 aliphatic heterocycles. The van der Waals surface area contributed by atoms with Gasteiger partial charge < -0.3 is 4.79 Å². The van der Waals surface area contributed by atoms with E-state index < -0.39 is 0 Å². The minimum absolute atomic E-state index is 0.0972. The Morgan fingerprint density at radius 3 is 1.80 bits per heavy atom. The Kier molecular flexibility index (Phi) is 6.16. The zero-order valence-electron chi connectivity index (χ0n) is 11.2. The van der Waals surface area contributed by atoms with Crippen molar-refractivity contribution in [3.63, 3.8) is 0 Å². The first kappa shape index (κ1) is 14.7. The summed E-state index contributed by atoms with van der Waals surface area (Å²) in [6, 6.07) is 0. The van der Waals surface area contributed by atoms with E-state index in [0.717, 1.165) is 18.1 Å². The maximum absolute atomic E-state index is 10.1. The molecule has 0 unspecified atom stereocenters. The third-order valence-corrected chi connectivity index (χ3v) is 3.89. The van der Waals surface area contributed by atoms with Crippen molar-refractivity contribution in [3.8, 4) is 0 Å². The summed E-state index contributed by atoms with van der Waals surface area (Å²) >= 11 is 0. The van der Waals surface area contributed by atoms with E-state index in [4.69, 9.17) is 0 Å².